The Kier molecular flexibility index (Phi) is 4.83. The SMILES string of the molecule is O=C(Nc1nnc(CCN2C(=O)c3ccccc3C2=O)s1)c1cc2ccccc2oc1=O. The van der Waals surface area contributed by atoms with Gasteiger partial charge < -0.3 is 4.42 Å². The minimum Gasteiger partial charge on any atom is -0.422 e. The number of fused-ring (bicyclic) bond motifs is 2. The molecule has 4 aromatic rings. The van der Waals surface area contributed by atoms with Crippen LogP contribution in [0.15, 0.2) is 63.8 Å². The Labute approximate surface area is 184 Å². The summed E-state index contributed by atoms with van der Waals surface area (Å²) in [4.78, 5) is 50.7. The van der Waals surface area contributed by atoms with E-state index in [4.69, 9.17) is 4.42 Å². The Bertz CT molecular complexity index is 1420. The summed E-state index contributed by atoms with van der Waals surface area (Å²) in [7, 11) is 0. The lowest BCUT2D eigenvalue weighted by Gasteiger charge is -2.12. The van der Waals surface area contributed by atoms with Crippen molar-refractivity contribution in [1.82, 2.24) is 15.1 Å². The van der Waals surface area contributed by atoms with Crippen molar-refractivity contribution in [2.24, 2.45) is 0 Å². The number of nitrogens with one attached hydrogen (secondary N) is 1. The predicted octanol–water partition coefficient (Wildman–Crippen LogP) is 2.74. The molecule has 0 saturated heterocycles. The number of hydrogen-bond acceptors (Lipinski definition) is 8. The Morgan fingerprint density at radius 3 is 2.41 bits per heavy atom. The van der Waals surface area contributed by atoms with Gasteiger partial charge in [0, 0.05) is 18.4 Å². The van der Waals surface area contributed by atoms with Crippen LogP contribution >= 0.6 is 11.3 Å². The molecule has 0 saturated carbocycles. The number of carbonyl (C=O) groups is 3. The van der Waals surface area contributed by atoms with Crippen LogP contribution in [0.4, 0.5) is 5.13 Å². The quantitative estimate of drug-likeness (QED) is 0.369. The summed E-state index contributed by atoms with van der Waals surface area (Å²) in [5, 5.41) is 11.8. The van der Waals surface area contributed by atoms with Gasteiger partial charge in [-0.15, -0.1) is 10.2 Å². The average Bonchev–Trinajstić information content (AvgIpc) is 3.34. The first-order valence-electron chi connectivity index (χ1n) is 9.63. The van der Waals surface area contributed by atoms with Gasteiger partial charge in [-0.2, -0.15) is 0 Å². The fourth-order valence-electron chi connectivity index (χ4n) is 3.44. The number of benzene rings is 2. The highest BCUT2D eigenvalue weighted by molar-refractivity contribution is 7.15. The molecule has 0 atom stereocenters. The van der Waals surface area contributed by atoms with Crippen molar-refractivity contribution in [2.45, 2.75) is 6.42 Å². The van der Waals surface area contributed by atoms with Gasteiger partial charge >= 0.3 is 5.63 Å². The van der Waals surface area contributed by atoms with Crippen molar-refractivity contribution in [2.75, 3.05) is 11.9 Å². The lowest BCUT2D eigenvalue weighted by molar-refractivity contribution is 0.0655. The summed E-state index contributed by atoms with van der Waals surface area (Å²) in [5.74, 6) is -1.34. The minimum absolute atomic E-state index is 0.142. The summed E-state index contributed by atoms with van der Waals surface area (Å²) >= 11 is 1.10. The second-order valence-electron chi connectivity index (χ2n) is 7.00. The lowest BCUT2D eigenvalue weighted by atomic mass is 10.1. The molecule has 32 heavy (non-hydrogen) atoms. The number of aromatic nitrogens is 2. The number of imide groups is 1. The molecule has 0 bridgehead atoms. The van der Waals surface area contributed by atoms with Crippen LogP contribution < -0.4 is 10.9 Å². The number of nitrogens with zero attached hydrogens (tertiary/aromatic N) is 3. The largest absolute Gasteiger partial charge is 0.422 e. The van der Waals surface area contributed by atoms with Crippen molar-refractivity contribution < 1.29 is 18.8 Å². The van der Waals surface area contributed by atoms with E-state index in [1.165, 1.54) is 11.0 Å². The van der Waals surface area contributed by atoms with Gasteiger partial charge in [-0.05, 0) is 24.3 Å². The second kappa shape index (κ2) is 7.82. The van der Waals surface area contributed by atoms with E-state index in [0.717, 1.165) is 11.3 Å². The van der Waals surface area contributed by atoms with E-state index in [1.807, 2.05) is 0 Å². The minimum atomic E-state index is -0.753. The molecule has 0 fully saturated rings. The molecule has 3 amide bonds. The number of hydrogen-bond donors (Lipinski definition) is 1. The van der Waals surface area contributed by atoms with E-state index in [-0.39, 0.29) is 35.5 Å². The van der Waals surface area contributed by atoms with Crippen LogP contribution in [0.25, 0.3) is 11.0 Å². The van der Waals surface area contributed by atoms with E-state index < -0.39 is 11.5 Å². The number of amides is 3. The van der Waals surface area contributed by atoms with Crippen molar-refractivity contribution in [3.05, 3.63) is 86.7 Å². The molecule has 0 unspecified atom stereocenters. The van der Waals surface area contributed by atoms with Gasteiger partial charge in [0.25, 0.3) is 17.7 Å². The van der Waals surface area contributed by atoms with Crippen LogP contribution in [0.5, 0.6) is 0 Å². The first kappa shape index (κ1) is 19.8. The van der Waals surface area contributed by atoms with E-state index in [1.54, 1.807) is 48.5 Å². The summed E-state index contributed by atoms with van der Waals surface area (Å²) in [6.45, 7) is 0.142. The Morgan fingerprint density at radius 1 is 0.969 bits per heavy atom. The molecule has 1 N–H and O–H groups in total. The monoisotopic (exact) mass is 446 g/mol. The van der Waals surface area contributed by atoms with E-state index >= 15 is 0 Å². The molecule has 0 radical (unpaired) electrons. The maximum Gasteiger partial charge on any atom is 0.349 e. The van der Waals surface area contributed by atoms with Gasteiger partial charge in [-0.1, -0.05) is 41.7 Å². The summed E-state index contributed by atoms with van der Waals surface area (Å²) < 4.78 is 5.18. The zero-order valence-electron chi connectivity index (χ0n) is 16.4. The van der Waals surface area contributed by atoms with Crippen molar-refractivity contribution >= 4 is 45.2 Å². The molecule has 158 valence electrons. The maximum absolute atomic E-state index is 12.5. The predicted molar refractivity (Wildman–Crippen MR) is 116 cm³/mol. The molecule has 1 aliphatic heterocycles. The lowest BCUT2D eigenvalue weighted by Crippen LogP contribution is -2.31. The zero-order chi connectivity index (χ0) is 22.2. The highest BCUT2D eigenvalue weighted by atomic mass is 32.1. The van der Waals surface area contributed by atoms with Gasteiger partial charge in [0.1, 0.15) is 16.2 Å². The third-order valence-electron chi connectivity index (χ3n) is 5.00. The standard InChI is InChI=1S/C22H14N4O5S/c27-18(15-11-12-5-1-4-8-16(12)31-21(15)30)23-22-25-24-17(32-22)9-10-26-19(28)13-6-2-3-7-14(13)20(26)29/h1-8,11H,9-10H2,(H,23,25,27). The molecule has 10 heteroatoms. The molecule has 0 aliphatic carbocycles. The topological polar surface area (TPSA) is 122 Å². The molecular formula is C22H14N4O5S. The molecule has 0 spiro atoms. The van der Waals surface area contributed by atoms with Gasteiger partial charge in [-0.25, -0.2) is 4.79 Å². The van der Waals surface area contributed by atoms with Crippen molar-refractivity contribution in [3.8, 4) is 0 Å². The molecule has 3 heterocycles. The Balaban J connectivity index is 1.26. The molecule has 9 nitrogen and oxygen atoms in total. The number of anilines is 1. The molecule has 2 aromatic heterocycles. The van der Waals surface area contributed by atoms with Crippen LogP contribution in [-0.4, -0.2) is 39.4 Å². The van der Waals surface area contributed by atoms with Crippen LogP contribution in [0.3, 0.4) is 0 Å². The van der Waals surface area contributed by atoms with Gasteiger partial charge in [0.05, 0.1) is 11.1 Å². The zero-order valence-corrected chi connectivity index (χ0v) is 17.2. The van der Waals surface area contributed by atoms with Crippen LogP contribution in [0, 0.1) is 0 Å². The number of para-hydroxylation sites is 1. The smallest absolute Gasteiger partial charge is 0.349 e. The maximum atomic E-state index is 12.5. The van der Waals surface area contributed by atoms with E-state index in [9.17, 15) is 19.2 Å². The highest BCUT2D eigenvalue weighted by Crippen LogP contribution is 2.24. The van der Waals surface area contributed by atoms with Crippen LogP contribution in [-0.2, 0) is 6.42 Å². The third kappa shape index (κ3) is 3.46. The first-order chi connectivity index (χ1) is 15.5. The van der Waals surface area contributed by atoms with E-state index in [0.29, 0.717) is 27.1 Å². The van der Waals surface area contributed by atoms with E-state index in [2.05, 4.69) is 15.5 Å². The first-order valence-corrected chi connectivity index (χ1v) is 10.4. The average molecular weight is 446 g/mol. The van der Waals surface area contributed by atoms with Crippen LogP contribution in [0.1, 0.15) is 36.1 Å². The Hall–Kier alpha value is -4.18. The van der Waals surface area contributed by atoms with Crippen LogP contribution in [0.2, 0.25) is 0 Å². The summed E-state index contributed by atoms with van der Waals surface area (Å²) in [6.07, 6.45) is 0.289. The fourth-order valence-corrected chi connectivity index (χ4v) is 4.16. The number of carbonyl (C=O) groups excluding carboxylic acids is 3. The van der Waals surface area contributed by atoms with Crippen molar-refractivity contribution in [3.63, 3.8) is 0 Å². The molecule has 2 aromatic carbocycles. The highest BCUT2D eigenvalue weighted by Gasteiger charge is 2.34. The fraction of sp³-hybridized carbons (Fsp3) is 0.0909. The summed E-state index contributed by atoms with van der Waals surface area (Å²) in [5.41, 5.74) is 0.261. The normalized spacial score (nSPS) is 12.9. The van der Waals surface area contributed by atoms with Gasteiger partial charge in [0.2, 0.25) is 5.13 Å². The third-order valence-corrected chi connectivity index (χ3v) is 5.90. The van der Waals surface area contributed by atoms with Crippen molar-refractivity contribution in [1.29, 1.82) is 0 Å². The molecule has 5 rings (SSSR count). The van der Waals surface area contributed by atoms with Gasteiger partial charge in [0.15, 0.2) is 0 Å². The molecular weight excluding hydrogens is 432 g/mol. The second-order valence-corrected chi connectivity index (χ2v) is 8.06. The summed E-state index contributed by atoms with van der Waals surface area (Å²) in [6, 6.07) is 15.0. The Morgan fingerprint density at radius 2 is 1.66 bits per heavy atom. The number of rotatable bonds is 5. The molecule has 1 aliphatic rings. The van der Waals surface area contributed by atoms with Gasteiger partial charge in [-0.3, -0.25) is 24.6 Å².